The number of piperidine rings is 1. The van der Waals surface area contributed by atoms with Crippen LogP contribution in [0.2, 0.25) is 0 Å². The maximum absolute atomic E-state index is 12.3. The molecule has 0 saturated carbocycles. The van der Waals surface area contributed by atoms with Gasteiger partial charge in [-0.25, -0.2) is 0 Å². The molecule has 1 N–H and O–H groups in total. The van der Waals surface area contributed by atoms with Crippen molar-refractivity contribution < 1.29 is 27.8 Å². The van der Waals surface area contributed by atoms with Crippen molar-refractivity contribution in [3.05, 3.63) is 23.3 Å². The number of alkyl halides is 3. The molecule has 2 heterocycles. The molecule has 176 valence electrons. The summed E-state index contributed by atoms with van der Waals surface area (Å²) in [6.45, 7) is 8.70. The molecular weight excluding hydrogens is 407 g/mol. The van der Waals surface area contributed by atoms with Gasteiger partial charge in [0.25, 0.3) is 0 Å². The fraction of sp³-hybridized carbons (Fsp3) is 0.750. The van der Waals surface area contributed by atoms with Gasteiger partial charge in [0.05, 0.1) is 19.8 Å². The molecular formula is C24H36F3NO3. The lowest BCUT2D eigenvalue weighted by Gasteiger charge is -2.47. The van der Waals surface area contributed by atoms with E-state index in [4.69, 9.17) is 9.47 Å². The summed E-state index contributed by atoms with van der Waals surface area (Å²) in [7, 11) is 1.58. The Bertz CT molecular complexity index is 745. The maximum atomic E-state index is 12.3. The van der Waals surface area contributed by atoms with Crippen molar-refractivity contribution in [2.75, 3.05) is 26.8 Å². The Morgan fingerprint density at radius 2 is 1.87 bits per heavy atom. The van der Waals surface area contributed by atoms with Crippen LogP contribution >= 0.6 is 0 Å². The number of hydrogen-bond acceptors (Lipinski definition) is 4. The average molecular weight is 444 g/mol. The largest absolute Gasteiger partial charge is 0.493 e. The van der Waals surface area contributed by atoms with Crippen molar-refractivity contribution in [1.29, 1.82) is 0 Å². The molecule has 1 aromatic rings. The van der Waals surface area contributed by atoms with E-state index >= 15 is 0 Å². The van der Waals surface area contributed by atoms with Crippen molar-refractivity contribution in [3.8, 4) is 11.5 Å². The van der Waals surface area contributed by atoms with Gasteiger partial charge in [-0.2, -0.15) is 13.2 Å². The van der Waals surface area contributed by atoms with E-state index in [2.05, 4.69) is 25.7 Å². The second-order valence-electron chi connectivity index (χ2n) is 10.2. The van der Waals surface area contributed by atoms with Gasteiger partial charge in [0, 0.05) is 25.6 Å². The van der Waals surface area contributed by atoms with Crippen LogP contribution in [-0.2, 0) is 6.42 Å². The molecule has 3 rings (SSSR count). The van der Waals surface area contributed by atoms with E-state index in [1.807, 2.05) is 12.1 Å². The second kappa shape index (κ2) is 9.57. The number of fused-ring (bicyclic) bond motifs is 3. The summed E-state index contributed by atoms with van der Waals surface area (Å²) >= 11 is 0. The highest BCUT2D eigenvalue weighted by Crippen LogP contribution is 2.44. The summed E-state index contributed by atoms with van der Waals surface area (Å²) in [5.74, 6) is 1.46. The number of rotatable bonds is 7. The molecule has 0 spiro atoms. The molecule has 0 aliphatic carbocycles. The fourth-order valence-corrected chi connectivity index (χ4v) is 4.97. The van der Waals surface area contributed by atoms with Gasteiger partial charge in [0.15, 0.2) is 11.5 Å². The molecule has 2 aliphatic rings. The Morgan fingerprint density at radius 3 is 2.52 bits per heavy atom. The molecule has 31 heavy (non-hydrogen) atoms. The molecule has 3 unspecified atom stereocenters. The summed E-state index contributed by atoms with van der Waals surface area (Å²) in [5.41, 5.74) is 2.52. The molecule has 3 atom stereocenters. The van der Waals surface area contributed by atoms with Gasteiger partial charge in [-0.1, -0.05) is 20.8 Å². The summed E-state index contributed by atoms with van der Waals surface area (Å²) in [6.07, 6.45) is -2.25. The molecule has 1 saturated heterocycles. The topological polar surface area (TPSA) is 41.9 Å². The zero-order valence-electron chi connectivity index (χ0n) is 19.1. The maximum Gasteiger partial charge on any atom is 0.389 e. The summed E-state index contributed by atoms with van der Waals surface area (Å²) in [4.78, 5) is 2.47. The van der Waals surface area contributed by atoms with E-state index in [9.17, 15) is 18.3 Å². The lowest BCUT2D eigenvalue weighted by atomic mass is 9.75. The van der Waals surface area contributed by atoms with Gasteiger partial charge in [-0.15, -0.1) is 0 Å². The van der Waals surface area contributed by atoms with Gasteiger partial charge in [-0.05, 0) is 66.7 Å². The minimum absolute atomic E-state index is 0.0570. The summed E-state index contributed by atoms with van der Waals surface area (Å²) in [6, 6.07) is 4.13. The van der Waals surface area contributed by atoms with Crippen LogP contribution in [0.15, 0.2) is 12.1 Å². The highest BCUT2D eigenvalue weighted by atomic mass is 19.4. The van der Waals surface area contributed by atoms with Gasteiger partial charge in [0.1, 0.15) is 0 Å². The first-order valence-corrected chi connectivity index (χ1v) is 11.3. The van der Waals surface area contributed by atoms with Crippen molar-refractivity contribution >= 4 is 0 Å². The number of unbranched alkanes of at least 4 members (excludes halogenated alkanes) is 1. The van der Waals surface area contributed by atoms with Crippen molar-refractivity contribution in [2.24, 2.45) is 11.3 Å². The number of halogens is 3. The standard InChI is InChI=1S/C24H36F3NO3/c1-23(2,3)14-17-15-28-9-7-16-11-22(31-10-6-5-8-24(25,26)27)21(30-4)12-18(16)19(28)13-20(17)29/h11-12,17,19-20,29H,5-10,13-15H2,1-4H3. The zero-order valence-corrected chi connectivity index (χ0v) is 19.1. The molecule has 1 aromatic carbocycles. The lowest BCUT2D eigenvalue weighted by Crippen LogP contribution is -2.48. The van der Waals surface area contributed by atoms with Crippen molar-refractivity contribution in [3.63, 3.8) is 0 Å². The van der Waals surface area contributed by atoms with Crippen LogP contribution in [0, 0.1) is 11.3 Å². The van der Waals surface area contributed by atoms with Gasteiger partial charge in [-0.3, -0.25) is 4.90 Å². The van der Waals surface area contributed by atoms with E-state index in [-0.39, 0.29) is 36.5 Å². The monoisotopic (exact) mass is 443 g/mol. The molecule has 4 nitrogen and oxygen atoms in total. The predicted octanol–water partition coefficient (Wildman–Crippen LogP) is 5.52. The lowest BCUT2D eigenvalue weighted by molar-refractivity contribution is -0.135. The first-order chi connectivity index (χ1) is 14.5. The van der Waals surface area contributed by atoms with E-state index in [1.54, 1.807) is 7.11 Å². The van der Waals surface area contributed by atoms with E-state index < -0.39 is 12.6 Å². The molecule has 0 bridgehead atoms. The SMILES string of the molecule is COc1cc2c(cc1OCCCCC(F)(F)F)CCN1CC(CC(C)(C)C)C(O)CC21. The van der Waals surface area contributed by atoms with Crippen molar-refractivity contribution in [2.45, 2.75) is 77.6 Å². The molecule has 2 aliphatic heterocycles. The summed E-state index contributed by atoms with van der Waals surface area (Å²) < 4.78 is 48.2. The Kier molecular flexibility index (Phi) is 7.47. The van der Waals surface area contributed by atoms with Crippen LogP contribution < -0.4 is 9.47 Å². The van der Waals surface area contributed by atoms with Crippen molar-refractivity contribution in [1.82, 2.24) is 4.90 Å². The Morgan fingerprint density at radius 1 is 1.13 bits per heavy atom. The van der Waals surface area contributed by atoms with E-state index in [0.29, 0.717) is 24.3 Å². The van der Waals surface area contributed by atoms with Crippen LogP contribution in [0.4, 0.5) is 13.2 Å². The number of hydrogen-bond donors (Lipinski definition) is 1. The highest BCUT2D eigenvalue weighted by molar-refractivity contribution is 5.49. The molecule has 0 aromatic heterocycles. The Balaban J connectivity index is 1.68. The normalized spacial score (nSPS) is 24.5. The number of ether oxygens (including phenoxy) is 2. The zero-order chi connectivity index (χ0) is 22.8. The van der Waals surface area contributed by atoms with E-state index in [1.165, 1.54) is 11.1 Å². The molecule has 7 heteroatoms. The molecule has 0 radical (unpaired) electrons. The third-order valence-corrected chi connectivity index (χ3v) is 6.36. The number of methoxy groups -OCH3 is 1. The molecule has 1 fully saturated rings. The number of nitrogens with zero attached hydrogens (tertiary/aromatic N) is 1. The van der Waals surface area contributed by atoms with Crippen LogP contribution in [0.1, 0.15) is 70.0 Å². The van der Waals surface area contributed by atoms with Gasteiger partial charge < -0.3 is 14.6 Å². The third kappa shape index (κ3) is 6.51. The van der Waals surface area contributed by atoms with Gasteiger partial charge >= 0.3 is 6.18 Å². The fourth-order valence-electron chi connectivity index (χ4n) is 4.97. The quantitative estimate of drug-likeness (QED) is 0.563. The van der Waals surface area contributed by atoms with Gasteiger partial charge in [0.2, 0.25) is 0 Å². The molecule has 0 amide bonds. The highest BCUT2D eigenvalue weighted by Gasteiger charge is 2.39. The second-order valence-corrected chi connectivity index (χ2v) is 10.2. The van der Waals surface area contributed by atoms with Crippen LogP contribution in [0.3, 0.4) is 0 Å². The minimum atomic E-state index is -4.12. The predicted molar refractivity (Wildman–Crippen MR) is 115 cm³/mol. The number of benzene rings is 1. The van der Waals surface area contributed by atoms with Crippen LogP contribution in [-0.4, -0.2) is 49.1 Å². The van der Waals surface area contributed by atoms with Crippen LogP contribution in [0.5, 0.6) is 11.5 Å². The Labute approximate surface area is 183 Å². The summed E-state index contributed by atoms with van der Waals surface area (Å²) in [5, 5.41) is 10.8. The minimum Gasteiger partial charge on any atom is -0.493 e. The third-order valence-electron chi connectivity index (χ3n) is 6.36. The van der Waals surface area contributed by atoms with Crippen LogP contribution in [0.25, 0.3) is 0 Å². The van der Waals surface area contributed by atoms with E-state index in [0.717, 1.165) is 25.9 Å². The number of aliphatic hydroxyl groups excluding tert-OH is 1. The first kappa shape index (κ1) is 24.2. The average Bonchev–Trinajstić information content (AvgIpc) is 2.66. The Hall–Kier alpha value is -1.47. The first-order valence-electron chi connectivity index (χ1n) is 11.3. The smallest absolute Gasteiger partial charge is 0.389 e. The number of aliphatic hydroxyl groups is 1.